The van der Waals surface area contributed by atoms with Crippen LogP contribution in [0.25, 0.3) is 0 Å². The lowest BCUT2D eigenvalue weighted by atomic mass is 10.1. The molecule has 0 aromatic heterocycles. The van der Waals surface area contributed by atoms with Crippen molar-refractivity contribution in [2.24, 2.45) is 0 Å². The highest BCUT2D eigenvalue weighted by Gasteiger charge is 2.25. The lowest BCUT2D eigenvalue weighted by Gasteiger charge is -2.20. The Morgan fingerprint density at radius 3 is 2.30 bits per heavy atom. The average molecular weight is 403 g/mol. The molecule has 7 heteroatoms. The van der Waals surface area contributed by atoms with E-state index in [-0.39, 0.29) is 34.3 Å². The second kappa shape index (κ2) is 8.53. The van der Waals surface area contributed by atoms with E-state index in [1.165, 1.54) is 17.0 Å². The van der Waals surface area contributed by atoms with E-state index in [0.29, 0.717) is 0 Å². The first-order chi connectivity index (χ1) is 14.3. The fourth-order valence-electron chi connectivity index (χ4n) is 2.98. The molecule has 0 heterocycles. The molecule has 0 saturated carbocycles. The Balaban J connectivity index is 1.94. The zero-order valence-electron chi connectivity index (χ0n) is 16.8. The van der Waals surface area contributed by atoms with Crippen molar-refractivity contribution in [2.75, 3.05) is 24.7 Å². The molecule has 0 aliphatic carbocycles. The molecule has 3 N–H and O–H groups in total. The normalized spacial score (nSPS) is 11.3. The van der Waals surface area contributed by atoms with Gasteiger partial charge in [-0.1, -0.05) is 42.3 Å². The number of carbonyl (C=O) groups excluding carboxylic acids is 1. The number of carbonyl (C=O) groups is 1. The number of hydrogen-bond donors (Lipinski definition) is 3. The number of anilines is 3. The first-order valence-corrected chi connectivity index (χ1v) is 9.22. The van der Waals surface area contributed by atoms with Gasteiger partial charge in [0.1, 0.15) is 17.4 Å². The second-order valence-electron chi connectivity index (χ2n) is 6.82. The molecule has 0 aliphatic rings. The van der Waals surface area contributed by atoms with Crippen LogP contribution in [0.5, 0.6) is 5.75 Å². The molecule has 0 saturated heterocycles. The van der Waals surface area contributed by atoms with Crippen molar-refractivity contribution < 1.29 is 9.90 Å². The van der Waals surface area contributed by atoms with E-state index in [0.717, 1.165) is 5.56 Å². The second-order valence-corrected chi connectivity index (χ2v) is 6.82. The summed E-state index contributed by atoms with van der Waals surface area (Å²) in [6, 6.07) is 13.4. The van der Waals surface area contributed by atoms with Crippen LogP contribution >= 0.6 is 0 Å². The van der Waals surface area contributed by atoms with Crippen LogP contribution in [0, 0.1) is 11.8 Å². The van der Waals surface area contributed by atoms with Crippen LogP contribution in [-0.2, 0) is 0 Å². The number of benzene rings is 2. The number of phenols is 1. The molecule has 1 unspecified atom stereocenters. The Morgan fingerprint density at radius 2 is 1.67 bits per heavy atom. The Kier molecular flexibility index (Phi) is 5.88. The lowest BCUT2D eigenvalue weighted by molar-refractivity contribution is 0.0824. The van der Waals surface area contributed by atoms with Crippen LogP contribution < -0.4 is 21.5 Å². The van der Waals surface area contributed by atoms with Crippen molar-refractivity contribution in [3.63, 3.8) is 0 Å². The van der Waals surface area contributed by atoms with E-state index in [4.69, 9.17) is 0 Å². The minimum absolute atomic E-state index is 0.0172. The Labute approximate surface area is 173 Å². The number of hydrogen-bond acceptors (Lipinski definition) is 6. The summed E-state index contributed by atoms with van der Waals surface area (Å²) in [7, 11) is 3.14. The number of phenolic OH excluding ortho intramolecular Hbond substituents is 1. The molecule has 152 valence electrons. The van der Waals surface area contributed by atoms with Gasteiger partial charge in [0.15, 0.2) is 5.75 Å². The van der Waals surface area contributed by atoms with Gasteiger partial charge in [0.2, 0.25) is 0 Å². The van der Waals surface area contributed by atoms with Crippen molar-refractivity contribution in [1.29, 1.82) is 0 Å². The number of nitrogens with zero attached hydrogens (tertiary/aromatic N) is 1. The topological polar surface area (TPSA) is 98.7 Å². The van der Waals surface area contributed by atoms with Crippen LogP contribution in [0.15, 0.2) is 58.1 Å². The molecular formula is C23H21N3O4. The molecular weight excluding hydrogens is 382 g/mol. The summed E-state index contributed by atoms with van der Waals surface area (Å²) in [5, 5.41) is 16.3. The quantitative estimate of drug-likeness (QED) is 0.332. The Morgan fingerprint density at radius 1 is 1.00 bits per heavy atom. The predicted octanol–water partition coefficient (Wildman–Crippen LogP) is 2.61. The van der Waals surface area contributed by atoms with Gasteiger partial charge in [0, 0.05) is 14.1 Å². The van der Waals surface area contributed by atoms with Gasteiger partial charge in [-0.15, -0.1) is 5.92 Å². The van der Waals surface area contributed by atoms with E-state index < -0.39 is 16.9 Å². The molecule has 1 atom stereocenters. The zero-order valence-corrected chi connectivity index (χ0v) is 16.8. The minimum Gasteiger partial charge on any atom is -0.505 e. The number of rotatable bonds is 6. The maximum absolute atomic E-state index is 12.2. The smallest absolute Gasteiger partial charge is 0.257 e. The fourth-order valence-corrected chi connectivity index (χ4v) is 2.98. The summed E-state index contributed by atoms with van der Waals surface area (Å²) < 4.78 is 0. The standard InChI is InChI=1S/C23H21N3O4/c1-4-9-16(14-10-6-5-7-11-14)24-18-19(22(29)21(18)28)25-17-13-8-12-15(20(17)27)23(30)26(2)3/h5-8,10-13,16,24-25,27H,1-3H3. The van der Waals surface area contributed by atoms with Crippen molar-refractivity contribution in [1.82, 2.24) is 4.90 Å². The maximum atomic E-state index is 12.2. The van der Waals surface area contributed by atoms with Gasteiger partial charge in [-0.05, 0) is 24.6 Å². The maximum Gasteiger partial charge on any atom is 0.257 e. The first kappa shape index (κ1) is 20.7. The molecule has 0 aliphatic heterocycles. The molecule has 0 spiro atoms. The molecule has 0 bridgehead atoms. The first-order valence-electron chi connectivity index (χ1n) is 9.22. The Hall–Kier alpha value is -4.05. The predicted molar refractivity (Wildman–Crippen MR) is 117 cm³/mol. The average Bonchev–Trinajstić information content (AvgIpc) is 2.76. The van der Waals surface area contributed by atoms with Crippen molar-refractivity contribution >= 4 is 23.0 Å². The van der Waals surface area contributed by atoms with Gasteiger partial charge >= 0.3 is 0 Å². The minimum atomic E-state index is -0.711. The molecule has 1 amide bonds. The molecule has 3 aromatic carbocycles. The highest BCUT2D eigenvalue weighted by Crippen LogP contribution is 2.32. The van der Waals surface area contributed by atoms with Crippen molar-refractivity contribution in [2.45, 2.75) is 13.0 Å². The summed E-state index contributed by atoms with van der Waals surface area (Å²) >= 11 is 0. The van der Waals surface area contributed by atoms with E-state index in [9.17, 15) is 19.5 Å². The lowest BCUT2D eigenvalue weighted by Crippen LogP contribution is -2.37. The van der Waals surface area contributed by atoms with Crippen LogP contribution in [-0.4, -0.2) is 30.0 Å². The van der Waals surface area contributed by atoms with Gasteiger partial charge in [-0.3, -0.25) is 14.4 Å². The van der Waals surface area contributed by atoms with E-state index in [1.807, 2.05) is 30.3 Å². The number of para-hydroxylation sites is 1. The summed E-state index contributed by atoms with van der Waals surface area (Å²) in [6.07, 6.45) is 0. The summed E-state index contributed by atoms with van der Waals surface area (Å²) in [4.78, 5) is 37.9. The highest BCUT2D eigenvalue weighted by molar-refractivity contribution is 5.99. The number of amides is 1. The van der Waals surface area contributed by atoms with Crippen LogP contribution in [0.2, 0.25) is 0 Å². The molecule has 30 heavy (non-hydrogen) atoms. The molecule has 3 aromatic rings. The molecule has 0 fully saturated rings. The van der Waals surface area contributed by atoms with Crippen LogP contribution in [0.3, 0.4) is 0 Å². The fraction of sp³-hybridized carbons (Fsp3) is 0.174. The van der Waals surface area contributed by atoms with Crippen LogP contribution in [0.4, 0.5) is 17.1 Å². The largest absolute Gasteiger partial charge is 0.505 e. The molecule has 0 radical (unpaired) electrons. The van der Waals surface area contributed by atoms with Gasteiger partial charge < -0.3 is 20.6 Å². The third kappa shape index (κ3) is 3.89. The molecule has 7 nitrogen and oxygen atoms in total. The van der Waals surface area contributed by atoms with Gasteiger partial charge in [0.05, 0.1) is 11.3 Å². The Bertz CT molecular complexity index is 1210. The number of aromatic hydroxyl groups is 1. The van der Waals surface area contributed by atoms with Crippen molar-refractivity contribution in [3.8, 4) is 17.6 Å². The van der Waals surface area contributed by atoms with Gasteiger partial charge in [-0.25, -0.2) is 0 Å². The zero-order chi connectivity index (χ0) is 21.8. The third-order valence-electron chi connectivity index (χ3n) is 4.55. The van der Waals surface area contributed by atoms with Crippen molar-refractivity contribution in [3.05, 3.63) is 80.1 Å². The summed E-state index contributed by atoms with van der Waals surface area (Å²) in [5.74, 6) is 5.11. The van der Waals surface area contributed by atoms with Gasteiger partial charge in [0.25, 0.3) is 16.8 Å². The van der Waals surface area contributed by atoms with E-state index in [2.05, 4.69) is 22.5 Å². The van der Waals surface area contributed by atoms with Crippen LogP contribution in [0.1, 0.15) is 28.9 Å². The number of nitrogens with one attached hydrogen (secondary N) is 2. The van der Waals surface area contributed by atoms with Gasteiger partial charge in [-0.2, -0.15) is 0 Å². The summed E-state index contributed by atoms with van der Waals surface area (Å²) in [5.41, 5.74) is -0.210. The molecule has 3 rings (SSSR count). The monoisotopic (exact) mass is 403 g/mol. The third-order valence-corrected chi connectivity index (χ3v) is 4.55. The SMILES string of the molecule is CC#CC(Nc1c(Nc2cccc(C(=O)N(C)C)c2O)c(=O)c1=O)c1ccccc1. The summed E-state index contributed by atoms with van der Waals surface area (Å²) in [6.45, 7) is 1.68. The van der Waals surface area contributed by atoms with E-state index in [1.54, 1.807) is 27.1 Å². The highest BCUT2D eigenvalue weighted by atomic mass is 16.3. The van der Waals surface area contributed by atoms with E-state index >= 15 is 0 Å².